The van der Waals surface area contributed by atoms with Gasteiger partial charge in [-0.3, -0.25) is 9.59 Å². The molecular formula is C19H27N5O2. The molecule has 7 nitrogen and oxygen atoms in total. The minimum absolute atomic E-state index is 0.0477. The van der Waals surface area contributed by atoms with Crippen LogP contribution in [0.3, 0.4) is 0 Å². The van der Waals surface area contributed by atoms with Gasteiger partial charge < -0.3 is 10.2 Å². The lowest BCUT2D eigenvalue weighted by Crippen LogP contribution is -2.43. The molecule has 0 spiro atoms. The van der Waals surface area contributed by atoms with Gasteiger partial charge in [0.25, 0.3) is 5.56 Å². The molecule has 1 aliphatic heterocycles. The fraction of sp³-hybridized carbons (Fsp3) is 0.579. The van der Waals surface area contributed by atoms with Gasteiger partial charge in [0.2, 0.25) is 5.91 Å². The van der Waals surface area contributed by atoms with Gasteiger partial charge in [0, 0.05) is 25.6 Å². The third kappa shape index (κ3) is 4.46. The van der Waals surface area contributed by atoms with Crippen LogP contribution >= 0.6 is 0 Å². The minimum atomic E-state index is -0.205. The molecular weight excluding hydrogens is 330 g/mol. The number of fused-ring (bicyclic) bond motifs is 1. The molecule has 1 fully saturated rings. The molecule has 1 N–H and O–H groups in total. The molecule has 2 heterocycles. The molecule has 1 amide bonds. The molecule has 7 heteroatoms. The second-order valence-electron chi connectivity index (χ2n) is 7.29. The highest BCUT2D eigenvalue weighted by Crippen LogP contribution is 2.17. The molecule has 140 valence electrons. The van der Waals surface area contributed by atoms with Crippen LogP contribution in [0.25, 0.3) is 10.9 Å². The summed E-state index contributed by atoms with van der Waals surface area (Å²) in [6, 6.07) is 7.65. The lowest BCUT2D eigenvalue weighted by molar-refractivity contribution is -0.121. The Hall–Kier alpha value is -2.28. The number of carbonyl (C=O) groups excluding carboxylic acids is 1. The Labute approximate surface area is 153 Å². The number of hydrogen-bond acceptors (Lipinski definition) is 5. The van der Waals surface area contributed by atoms with Gasteiger partial charge in [0.1, 0.15) is 5.52 Å². The van der Waals surface area contributed by atoms with Crippen molar-refractivity contribution in [2.24, 2.45) is 5.92 Å². The summed E-state index contributed by atoms with van der Waals surface area (Å²) in [4.78, 5) is 27.0. The normalized spacial score (nSPS) is 18.3. The summed E-state index contributed by atoms with van der Waals surface area (Å²) in [6.45, 7) is 7.54. The molecule has 1 unspecified atom stereocenters. The predicted octanol–water partition coefficient (Wildman–Crippen LogP) is 1.42. The van der Waals surface area contributed by atoms with Crippen LogP contribution in [0.2, 0.25) is 0 Å². The maximum absolute atomic E-state index is 12.4. The topological polar surface area (TPSA) is 80.1 Å². The van der Waals surface area contributed by atoms with Crippen LogP contribution in [0.1, 0.15) is 33.1 Å². The van der Waals surface area contributed by atoms with Gasteiger partial charge in [-0.05, 0) is 51.3 Å². The van der Waals surface area contributed by atoms with E-state index in [0.717, 1.165) is 19.5 Å². The van der Waals surface area contributed by atoms with E-state index in [-0.39, 0.29) is 24.4 Å². The van der Waals surface area contributed by atoms with E-state index in [1.54, 1.807) is 18.2 Å². The fourth-order valence-electron chi connectivity index (χ4n) is 3.46. The molecule has 1 atom stereocenters. The average Bonchev–Trinajstić information content (AvgIpc) is 2.66. The monoisotopic (exact) mass is 357 g/mol. The van der Waals surface area contributed by atoms with Crippen molar-refractivity contribution in [2.75, 3.05) is 19.6 Å². The first-order chi connectivity index (χ1) is 12.5. The number of hydrogen-bond donors (Lipinski definition) is 1. The van der Waals surface area contributed by atoms with Crippen molar-refractivity contribution in [2.45, 2.75) is 45.7 Å². The molecule has 0 aliphatic carbocycles. The quantitative estimate of drug-likeness (QED) is 0.846. The minimum Gasteiger partial charge on any atom is -0.356 e. The average molecular weight is 357 g/mol. The van der Waals surface area contributed by atoms with Gasteiger partial charge in [-0.2, -0.15) is 0 Å². The maximum atomic E-state index is 12.4. The first-order valence-electron chi connectivity index (χ1n) is 9.38. The fourth-order valence-corrected chi connectivity index (χ4v) is 3.46. The maximum Gasteiger partial charge on any atom is 0.277 e. The van der Waals surface area contributed by atoms with Crippen molar-refractivity contribution in [3.63, 3.8) is 0 Å². The van der Waals surface area contributed by atoms with Crippen LogP contribution in [-0.2, 0) is 11.3 Å². The number of nitrogens with one attached hydrogen (secondary N) is 1. The van der Waals surface area contributed by atoms with E-state index in [1.807, 2.05) is 6.07 Å². The number of rotatable bonds is 6. The largest absolute Gasteiger partial charge is 0.356 e. The second kappa shape index (κ2) is 8.40. The van der Waals surface area contributed by atoms with E-state index < -0.39 is 0 Å². The van der Waals surface area contributed by atoms with Crippen molar-refractivity contribution in [1.29, 1.82) is 0 Å². The summed E-state index contributed by atoms with van der Waals surface area (Å²) in [5.41, 5.74) is 0.369. The lowest BCUT2D eigenvalue weighted by atomic mass is 9.97. The highest BCUT2D eigenvalue weighted by molar-refractivity contribution is 5.77. The third-order valence-electron chi connectivity index (χ3n) is 5.05. The Morgan fingerprint density at radius 3 is 2.96 bits per heavy atom. The number of amides is 1. The Morgan fingerprint density at radius 1 is 1.35 bits per heavy atom. The lowest BCUT2D eigenvalue weighted by Gasteiger charge is -2.35. The first-order valence-corrected chi connectivity index (χ1v) is 9.38. The van der Waals surface area contributed by atoms with Crippen LogP contribution in [-0.4, -0.2) is 51.5 Å². The molecule has 1 saturated heterocycles. The Bertz CT molecular complexity index is 817. The zero-order chi connectivity index (χ0) is 18.5. The summed E-state index contributed by atoms with van der Waals surface area (Å²) in [6.07, 6.45) is 2.56. The number of piperidine rings is 1. The van der Waals surface area contributed by atoms with E-state index in [1.165, 1.54) is 11.1 Å². The SMILES string of the molecule is CC(C)N1CCCC(CNC(=O)CCn2nnc3ccccc3c2=O)C1. The van der Waals surface area contributed by atoms with Crippen LogP contribution < -0.4 is 10.9 Å². The molecule has 1 aromatic heterocycles. The smallest absolute Gasteiger partial charge is 0.277 e. The van der Waals surface area contributed by atoms with Gasteiger partial charge in [-0.1, -0.05) is 17.3 Å². The van der Waals surface area contributed by atoms with Gasteiger partial charge in [-0.25, -0.2) is 4.68 Å². The Balaban J connectivity index is 1.50. The summed E-state index contributed by atoms with van der Waals surface area (Å²) in [5, 5.41) is 11.5. The molecule has 26 heavy (non-hydrogen) atoms. The van der Waals surface area contributed by atoms with Crippen LogP contribution in [0.5, 0.6) is 0 Å². The molecule has 0 radical (unpaired) electrons. The van der Waals surface area contributed by atoms with Gasteiger partial charge in [-0.15, -0.1) is 5.10 Å². The summed E-state index contributed by atoms with van der Waals surface area (Å²) in [7, 11) is 0. The predicted molar refractivity (Wildman–Crippen MR) is 101 cm³/mol. The van der Waals surface area contributed by atoms with E-state index in [9.17, 15) is 9.59 Å². The van der Waals surface area contributed by atoms with Crippen molar-refractivity contribution in [1.82, 2.24) is 25.2 Å². The second-order valence-corrected chi connectivity index (χ2v) is 7.29. The van der Waals surface area contributed by atoms with E-state index in [2.05, 4.69) is 34.4 Å². The first kappa shape index (κ1) is 18.5. The number of carbonyl (C=O) groups is 1. The van der Waals surface area contributed by atoms with E-state index >= 15 is 0 Å². The van der Waals surface area contributed by atoms with Gasteiger partial charge in [0.05, 0.1) is 11.9 Å². The Kier molecular flexibility index (Phi) is 5.98. The number of nitrogens with zero attached hydrogens (tertiary/aromatic N) is 4. The van der Waals surface area contributed by atoms with Crippen molar-refractivity contribution >= 4 is 16.8 Å². The zero-order valence-electron chi connectivity index (χ0n) is 15.5. The standard InChI is InChI=1S/C19H27N5O2/c1-14(2)23-10-5-6-15(13-23)12-20-18(25)9-11-24-19(26)16-7-3-4-8-17(16)21-22-24/h3-4,7-8,14-15H,5-6,9-13H2,1-2H3,(H,20,25). The summed E-state index contributed by atoms with van der Waals surface area (Å²) < 4.78 is 1.27. The molecule has 1 aliphatic rings. The van der Waals surface area contributed by atoms with Crippen molar-refractivity contribution in [3.05, 3.63) is 34.6 Å². The van der Waals surface area contributed by atoms with E-state index in [4.69, 9.17) is 0 Å². The van der Waals surface area contributed by atoms with Crippen LogP contribution in [0, 0.1) is 5.92 Å². The third-order valence-corrected chi connectivity index (χ3v) is 5.05. The van der Waals surface area contributed by atoms with Gasteiger partial charge >= 0.3 is 0 Å². The summed E-state index contributed by atoms with van der Waals surface area (Å²) in [5.74, 6) is 0.451. The molecule has 0 bridgehead atoms. The Morgan fingerprint density at radius 2 is 2.15 bits per heavy atom. The molecule has 3 rings (SSSR count). The molecule has 0 saturated carbocycles. The highest BCUT2D eigenvalue weighted by Gasteiger charge is 2.21. The van der Waals surface area contributed by atoms with E-state index in [0.29, 0.717) is 29.4 Å². The number of aryl methyl sites for hydroxylation is 1. The number of likely N-dealkylation sites (tertiary alicyclic amines) is 1. The molecule has 2 aromatic rings. The van der Waals surface area contributed by atoms with Crippen LogP contribution in [0.4, 0.5) is 0 Å². The zero-order valence-corrected chi connectivity index (χ0v) is 15.5. The van der Waals surface area contributed by atoms with Crippen molar-refractivity contribution < 1.29 is 4.79 Å². The number of aromatic nitrogens is 3. The molecule has 1 aromatic carbocycles. The van der Waals surface area contributed by atoms with Gasteiger partial charge in [0.15, 0.2) is 0 Å². The van der Waals surface area contributed by atoms with Crippen LogP contribution in [0.15, 0.2) is 29.1 Å². The summed E-state index contributed by atoms with van der Waals surface area (Å²) >= 11 is 0. The number of benzene rings is 1. The highest BCUT2D eigenvalue weighted by atomic mass is 16.2. The van der Waals surface area contributed by atoms with Crippen molar-refractivity contribution in [3.8, 4) is 0 Å².